The molecule has 2 aromatic carbocycles. The second kappa shape index (κ2) is 11.4. The number of aromatic amines is 1. The zero-order chi connectivity index (χ0) is 27.5. The molecule has 1 N–H and O–H groups in total. The number of amides is 1. The SMILES string of the molecule is CC(C)CCOc1cccc(C2C(=C([O-])c3ccc4c(c3)CC(C)O4)C(=O)C(=O)N2CCC[n+]2cc[nH]c2)c1. The molecule has 3 aromatic rings. The van der Waals surface area contributed by atoms with Gasteiger partial charge in [-0.2, -0.15) is 0 Å². The minimum absolute atomic E-state index is 0.0134. The van der Waals surface area contributed by atoms with Gasteiger partial charge in [0.15, 0.2) is 0 Å². The van der Waals surface area contributed by atoms with Crippen molar-refractivity contribution in [2.24, 2.45) is 5.92 Å². The largest absolute Gasteiger partial charge is 0.872 e. The molecule has 0 radical (unpaired) electrons. The third-order valence-electron chi connectivity index (χ3n) is 7.24. The first-order chi connectivity index (χ1) is 18.8. The number of hydrogen-bond acceptors (Lipinski definition) is 5. The van der Waals surface area contributed by atoms with Gasteiger partial charge in [-0.3, -0.25) is 14.6 Å². The van der Waals surface area contributed by atoms with E-state index in [0.717, 1.165) is 17.7 Å². The summed E-state index contributed by atoms with van der Waals surface area (Å²) in [4.78, 5) is 31.3. The Morgan fingerprint density at radius 1 is 1.23 bits per heavy atom. The first-order valence-corrected chi connectivity index (χ1v) is 13.6. The summed E-state index contributed by atoms with van der Waals surface area (Å²) in [6.45, 7) is 7.81. The number of ether oxygens (including phenoxy) is 2. The van der Waals surface area contributed by atoms with E-state index >= 15 is 0 Å². The Balaban J connectivity index is 1.50. The summed E-state index contributed by atoms with van der Waals surface area (Å²) in [5, 5.41) is 13.9. The highest BCUT2D eigenvalue weighted by Gasteiger charge is 2.44. The van der Waals surface area contributed by atoms with Crippen LogP contribution in [0.3, 0.4) is 0 Å². The lowest BCUT2D eigenvalue weighted by Crippen LogP contribution is -2.36. The van der Waals surface area contributed by atoms with Crippen LogP contribution in [0.4, 0.5) is 0 Å². The minimum Gasteiger partial charge on any atom is -0.872 e. The molecular formula is C31H35N3O5. The first-order valence-electron chi connectivity index (χ1n) is 13.6. The van der Waals surface area contributed by atoms with Gasteiger partial charge in [0.1, 0.15) is 30.0 Å². The smallest absolute Gasteiger partial charge is 0.295 e. The van der Waals surface area contributed by atoms with Crippen LogP contribution in [-0.2, 0) is 22.6 Å². The fraction of sp³-hybridized carbons (Fsp3) is 0.387. The Kier molecular flexibility index (Phi) is 7.72. The van der Waals surface area contributed by atoms with Gasteiger partial charge >= 0.3 is 0 Å². The second-order valence-electron chi connectivity index (χ2n) is 10.7. The quantitative estimate of drug-likeness (QED) is 0.188. The van der Waals surface area contributed by atoms with Crippen LogP contribution in [0.25, 0.3) is 5.76 Å². The van der Waals surface area contributed by atoms with Crippen molar-refractivity contribution in [3.8, 4) is 11.5 Å². The number of nitrogens with zero attached hydrogens (tertiary/aromatic N) is 2. The maximum absolute atomic E-state index is 13.9. The summed E-state index contributed by atoms with van der Waals surface area (Å²) in [5.41, 5.74) is 2.00. The van der Waals surface area contributed by atoms with Crippen LogP contribution < -0.4 is 19.1 Å². The van der Waals surface area contributed by atoms with Gasteiger partial charge in [-0.1, -0.05) is 37.8 Å². The van der Waals surface area contributed by atoms with E-state index in [-0.39, 0.29) is 11.7 Å². The number of ketones is 1. The van der Waals surface area contributed by atoms with Gasteiger partial charge in [0.25, 0.3) is 5.91 Å². The molecule has 204 valence electrons. The fourth-order valence-electron chi connectivity index (χ4n) is 5.24. The van der Waals surface area contributed by atoms with Crippen molar-refractivity contribution in [3.05, 3.63) is 83.4 Å². The number of hydrogen-bond donors (Lipinski definition) is 1. The summed E-state index contributed by atoms with van der Waals surface area (Å²) in [6.07, 6.45) is 7.83. The lowest BCUT2D eigenvalue weighted by Gasteiger charge is -2.28. The number of H-pyrrole nitrogens is 1. The number of carbonyl (C=O) groups excluding carboxylic acids is 2. The number of nitrogens with one attached hydrogen (secondary N) is 1. The van der Waals surface area contributed by atoms with Crippen LogP contribution in [0.5, 0.6) is 11.5 Å². The first kappa shape index (κ1) is 26.5. The van der Waals surface area contributed by atoms with E-state index in [0.29, 0.717) is 55.3 Å². The Bertz CT molecular complexity index is 1380. The number of fused-ring (bicyclic) bond motifs is 1. The molecule has 1 saturated heterocycles. The van der Waals surface area contributed by atoms with Gasteiger partial charge < -0.3 is 19.5 Å². The van der Waals surface area contributed by atoms with Crippen molar-refractivity contribution >= 4 is 17.4 Å². The predicted octanol–water partition coefficient (Wildman–Crippen LogP) is 3.36. The average Bonchev–Trinajstić information content (AvgIpc) is 3.62. The van der Waals surface area contributed by atoms with E-state index in [2.05, 4.69) is 18.8 Å². The summed E-state index contributed by atoms with van der Waals surface area (Å²) < 4.78 is 13.7. The number of Topliss-reactive ketones (excluding diaryl/α,β-unsaturated/α-hetero) is 1. The monoisotopic (exact) mass is 529 g/mol. The minimum atomic E-state index is -0.786. The zero-order valence-corrected chi connectivity index (χ0v) is 22.7. The molecular weight excluding hydrogens is 494 g/mol. The maximum atomic E-state index is 13.9. The third kappa shape index (κ3) is 5.70. The molecule has 2 unspecified atom stereocenters. The molecule has 8 nitrogen and oxygen atoms in total. The van der Waals surface area contributed by atoms with Crippen LogP contribution in [-0.4, -0.2) is 40.8 Å². The van der Waals surface area contributed by atoms with E-state index in [1.165, 1.54) is 4.90 Å². The van der Waals surface area contributed by atoms with Gasteiger partial charge in [-0.05, 0) is 60.2 Å². The maximum Gasteiger partial charge on any atom is 0.295 e. The van der Waals surface area contributed by atoms with Gasteiger partial charge in [-0.15, -0.1) is 0 Å². The van der Waals surface area contributed by atoms with Crippen LogP contribution >= 0.6 is 0 Å². The molecule has 5 rings (SSSR count). The fourth-order valence-corrected chi connectivity index (χ4v) is 5.24. The van der Waals surface area contributed by atoms with Crippen molar-refractivity contribution in [1.82, 2.24) is 9.88 Å². The molecule has 2 aliphatic rings. The summed E-state index contributed by atoms with van der Waals surface area (Å²) in [5.74, 6) is 0.101. The average molecular weight is 530 g/mol. The molecule has 0 aliphatic carbocycles. The molecule has 39 heavy (non-hydrogen) atoms. The second-order valence-corrected chi connectivity index (χ2v) is 10.7. The summed E-state index contributed by atoms with van der Waals surface area (Å²) >= 11 is 0. The number of rotatable bonds is 10. The zero-order valence-electron chi connectivity index (χ0n) is 22.7. The van der Waals surface area contributed by atoms with E-state index in [9.17, 15) is 14.7 Å². The number of aryl methyl sites for hydroxylation is 1. The lowest BCUT2D eigenvalue weighted by atomic mass is 9.94. The Morgan fingerprint density at radius 2 is 2.08 bits per heavy atom. The van der Waals surface area contributed by atoms with Crippen LogP contribution in [0.2, 0.25) is 0 Å². The van der Waals surface area contributed by atoms with E-state index < -0.39 is 23.5 Å². The van der Waals surface area contributed by atoms with Crippen molar-refractivity contribution in [3.63, 3.8) is 0 Å². The van der Waals surface area contributed by atoms with Crippen LogP contribution in [0.1, 0.15) is 56.3 Å². The van der Waals surface area contributed by atoms with Crippen molar-refractivity contribution < 1.29 is 28.7 Å². The highest BCUT2D eigenvalue weighted by atomic mass is 16.5. The van der Waals surface area contributed by atoms with Gasteiger partial charge in [-0.25, -0.2) is 4.57 Å². The van der Waals surface area contributed by atoms with Gasteiger partial charge in [0, 0.05) is 25.0 Å². The predicted molar refractivity (Wildman–Crippen MR) is 144 cm³/mol. The third-order valence-corrected chi connectivity index (χ3v) is 7.24. The topological polar surface area (TPSA) is 98.6 Å². The van der Waals surface area contributed by atoms with Crippen molar-refractivity contribution in [2.45, 2.75) is 58.7 Å². The van der Waals surface area contributed by atoms with E-state index in [1.807, 2.05) is 54.5 Å². The lowest BCUT2D eigenvalue weighted by molar-refractivity contribution is -0.695. The number of likely N-dealkylation sites (tertiary alicyclic amines) is 1. The number of benzene rings is 2. The summed E-state index contributed by atoms with van der Waals surface area (Å²) in [7, 11) is 0. The molecule has 3 heterocycles. The Morgan fingerprint density at radius 3 is 2.85 bits per heavy atom. The van der Waals surface area contributed by atoms with E-state index in [4.69, 9.17) is 9.47 Å². The van der Waals surface area contributed by atoms with Crippen LogP contribution in [0.15, 0.2) is 66.8 Å². The van der Waals surface area contributed by atoms with Gasteiger partial charge in [0.05, 0.1) is 19.2 Å². The molecule has 0 saturated carbocycles. The van der Waals surface area contributed by atoms with E-state index in [1.54, 1.807) is 18.2 Å². The molecule has 0 spiro atoms. The number of aromatic nitrogens is 2. The summed E-state index contributed by atoms with van der Waals surface area (Å²) in [6, 6.07) is 11.9. The number of imidazole rings is 1. The normalized spacial score (nSPS) is 19.9. The molecule has 1 fully saturated rings. The van der Waals surface area contributed by atoms with Crippen molar-refractivity contribution in [1.29, 1.82) is 0 Å². The molecule has 8 heteroatoms. The Hall–Kier alpha value is -4.07. The molecule has 2 aliphatic heterocycles. The standard InChI is InChI=1S/C31H35N3O5/c1-20(2)10-15-38-25-7-4-6-22(18-25)28-27(29(35)23-8-9-26-24(17-23)16-21(3)39-26)30(36)31(37)34(28)13-5-12-33-14-11-32-19-33/h4,6-9,11,14,17-21,28H,5,10,12-13,15-16H2,1-3H3,(H,35,36). The number of carbonyl (C=O) groups is 2. The highest BCUT2D eigenvalue weighted by molar-refractivity contribution is 6.46. The van der Waals surface area contributed by atoms with Crippen LogP contribution in [0, 0.1) is 5.92 Å². The Labute approximate surface area is 228 Å². The molecule has 1 amide bonds. The molecule has 2 atom stereocenters. The molecule has 0 bridgehead atoms. The highest BCUT2D eigenvalue weighted by Crippen LogP contribution is 2.40. The van der Waals surface area contributed by atoms with Gasteiger partial charge in [0.2, 0.25) is 12.1 Å². The molecule has 1 aromatic heterocycles. The van der Waals surface area contributed by atoms with Crippen molar-refractivity contribution in [2.75, 3.05) is 13.2 Å².